The van der Waals surface area contributed by atoms with Crippen molar-refractivity contribution in [3.05, 3.63) is 65.2 Å². The van der Waals surface area contributed by atoms with Crippen LogP contribution in [0.25, 0.3) is 0 Å². The lowest BCUT2D eigenvalue weighted by Crippen LogP contribution is -2.45. The lowest BCUT2D eigenvalue weighted by Gasteiger charge is -2.43. The number of piperidine rings is 1. The molecular weight excluding hydrogens is 506 g/mol. The molecule has 8 heteroatoms. The van der Waals surface area contributed by atoms with Crippen LogP contribution in [0.1, 0.15) is 87.9 Å². The lowest BCUT2D eigenvalue weighted by molar-refractivity contribution is -0.276. The van der Waals surface area contributed by atoms with E-state index in [1.54, 1.807) is 0 Å². The third-order valence-corrected chi connectivity index (χ3v) is 7.91. The van der Waals surface area contributed by atoms with Gasteiger partial charge in [0.15, 0.2) is 6.29 Å². The van der Waals surface area contributed by atoms with Gasteiger partial charge >= 0.3 is 0 Å². The van der Waals surface area contributed by atoms with E-state index in [0.717, 1.165) is 61.3 Å². The molecule has 2 heterocycles. The van der Waals surface area contributed by atoms with Gasteiger partial charge in [-0.25, -0.2) is 0 Å². The highest BCUT2D eigenvalue weighted by molar-refractivity contribution is 5.90. The second-order valence-corrected chi connectivity index (χ2v) is 11.2. The molecular formula is C32H45N3O5. The largest absolute Gasteiger partial charge is 0.392 e. The van der Waals surface area contributed by atoms with E-state index in [9.17, 15) is 14.7 Å². The molecule has 2 fully saturated rings. The van der Waals surface area contributed by atoms with Crippen LogP contribution in [0.5, 0.6) is 0 Å². The Hall–Kier alpha value is -2.78. The Morgan fingerprint density at radius 3 is 2.48 bits per heavy atom. The maximum atomic E-state index is 12.6. The predicted molar refractivity (Wildman–Crippen MR) is 155 cm³/mol. The van der Waals surface area contributed by atoms with E-state index in [1.807, 2.05) is 48.5 Å². The SMILES string of the molecule is CC(=O)NCCCCCC(=O)Nc1cccc([C@@H]2O[C@H](CN3CCCCC3)[C@H](C)[C@H](c3ccc(CO)cc3)O2)c1. The number of likely N-dealkylation sites (tertiary alicyclic amines) is 1. The first kappa shape index (κ1) is 30.2. The number of amides is 2. The van der Waals surface area contributed by atoms with Gasteiger partial charge in [-0.1, -0.05) is 56.2 Å². The first-order valence-electron chi connectivity index (χ1n) is 14.8. The number of hydrogen-bond donors (Lipinski definition) is 3. The molecule has 218 valence electrons. The molecule has 2 saturated heterocycles. The van der Waals surface area contributed by atoms with Gasteiger partial charge in [0.1, 0.15) is 0 Å². The molecule has 2 aromatic rings. The van der Waals surface area contributed by atoms with Crippen LogP contribution in [0.4, 0.5) is 5.69 Å². The van der Waals surface area contributed by atoms with Crippen molar-refractivity contribution in [2.75, 3.05) is 31.5 Å². The number of hydrogen-bond acceptors (Lipinski definition) is 6. The molecule has 4 atom stereocenters. The van der Waals surface area contributed by atoms with Gasteiger partial charge in [0.05, 0.1) is 18.8 Å². The number of aliphatic hydroxyl groups is 1. The van der Waals surface area contributed by atoms with Crippen LogP contribution in [0, 0.1) is 5.92 Å². The fourth-order valence-corrected chi connectivity index (χ4v) is 5.56. The van der Waals surface area contributed by atoms with E-state index in [-0.39, 0.29) is 36.5 Å². The number of carbonyl (C=O) groups is 2. The molecule has 2 amide bonds. The summed E-state index contributed by atoms with van der Waals surface area (Å²) in [6.07, 6.45) is 5.97. The number of nitrogens with zero attached hydrogens (tertiary/aromatic N) is 1. The molecule has 3 N–H and O–H groups in total. The van der Waals surface area contributed by atoms with Crippen molar-refractivity contribution in [1.82, 2.24) is 10.2 Å². The van der Waals surface area contributed by atoms with Crippen LogP contribution >= 0.6 is 0 Å². The Morgan fingerprint density at radius 1 is 0.975 bits per heavy atom. The summed E-state index contributed by atoms with van der Waals surface area (Å²) in [4.78, 5) is 26.0. The molecule has 2 aromatic carbocycles. The van der Waals surface area contributed by atoms with Crippen LogP contribution < -0.4 is 10.6 Å². The maximum absolute atomic E-state index is 12.6. The van der Waals surface area contributed by atoms with Crippen molar-refractivity contribution in [3.8, 4) is 0 Å². The first-order chi connectivity index (χ1) is 19.4. The number of rotatable bonds is 12. The van der Waals surface area contributed by atoms with Crippen molar-refractivity contribution in [3.63, 3.8) is 0 Å². The molecule has 0 aliphatic carbocycles. The summed E-state index contributed by atoms with van der Waals surface area (Å²) in [7, 11) is 0. The van der Waals surface area contributed by atoms with Crippen LogP contribution in [0.15, 0.2) is 48.5 Å². The van der Waals surface area contributed by atoms with E-state index in [1.165, 1.54) is 26.2 Å². The van der Waals surface area contributed by atoms with Crippen molar-refractivity contribution >= 4 is 17.5 Å². The normalized spacial score (nSPS) is 23.5. The summed E-state index contributed by atoms with van der Waals surface area (Å²) in [5.41, 5.74) is 3.55. The second-order valence-electron chi connectivity index (χ2n) is 11.2. The maximum Gasteiger partial charge on any atom is 0.224 e. The summed E-state index contributed by atoms with van der Waals surface area (Å²) in [6.45, 7) is 7.43. The smallest absolute Gasteiger partial charge is 0.224 e. The number of nitrogens with one attached hydrogen (secondary N) is 2. The third kappa shape index (κ3) is 8.86. The Labute approximate surface area is 238 Å². The fraction of sp³-hybridized carbons (Fsp3) is 0.562. The molecule has 0 saturated carbocycles. The summed E-state index contributed by atoms with van der Waals surface area (Å²) >= 11 is 0. The van der Waals surface area contributed by atoms with Gasteiger partial charge in [-0.3, -0.25) is 9.59 Å². The van der Waals surface area contributed by atoms with Crippen LogP contribution in [-0.4, -0.2) is 54.1 Å². The quantitative estimate of drug-likeness (QED) is 0.318. The van der Waals surface area contributed by atoms with E-state index in [2.05, 4.69) is 22.5 Å². The molecule has 0 radical (unpaired) electrons. The Balaban J connectivity index is 1.42. The Bertz CT molecular complexity index is 1090. The second kappa shape index (κ2) is 15.3. The zero-order valence-corrected chi connectivity index (χ0v) is 23.9. The van der Waals surface area contributed by atoms with Crippen LogP contribution in [0.2, 0.25) is 0 Å². The monoisotopic (exact) mass is 551 g/mol. The van der Waals surface area contributed by atoms with E-state index >= 15 is 0 Å². The first-order valence-corrected chi connectivity index (χ1v) is 14.8. The Kier molecular flexibility index (Phi) is 11.5. The van der Waals surface area contributed by atoms with Crippen molar-refractivity contribution < 1.29 is 24.2 Å². The molecule has 2 aliphatic heterocycles. The minimum atomic E-state index is -0.556. The predicted octanol–water partition coefficient (Wildman–Crippen LogP) is 5.09. The van der Waals surface area contributed by atoms with Crippen molar-refractivity contribution in [1.29, 1.82) is 0 Å². The molecule has 8 nitrogen and oxygen atoms in total. The number of aliphatic hydroxyl groups excluding tert-OH is 1. The van der Waals surface area contributed by atoms with Gasteiger partial charge in [-0.2, -0.15) is 0 Å². The number of ether oxygens (including phenoxy) is 2. The minimum absolute atomic E-state index is 0.00453. The summed E-state index contributed by atoms with van der Waals surface area (Å²) in [5.74, 6) is 0.0917. The molecule has 2 aliphatic rings. The molecule has 40 heavy (non-hydrogen) atoms. The van der Waals surface area contributed by atoms with Gasteiger partial charge < -0.3 is 30.1 Å². The van der Waals surface area contributed by atoms with Gasteiger partial charge in [-0.15, -0.1) is 0 Å². The summed E-state index contributed by atoms with van der Waals surface area (Å²) in [6, 6.07) is 15.7. The minimum Gasteiger partial charge on any atom is -0.392 e. The standard InChI is InChI=1S/C32H45N3O5/c1-23-29(21-35-18-7-4-8-19-35)39-32(40-31(23)26-15-13-25(22-36)14-16-26)27-10-9-11-28(20-27)34-30(38)12-5-3-6-17-33-24(2)37/h9-11,13-16,20,23,29,31-32,36H,3-8,12,17-19,21-22H2,1-2H3,(H,33,37)(H,34,38)/t23-,29+,31+,32+/m0/s1. The number of benzene rings is 2. The topological polar surface area (TPSA) is 100 Å². The highest BCUT2D eigenvalue weighted by Gasteiger charge is 2.39. The average Bonchev–Trinajstić information content (AvgIpc) is 2.96. The summed E-state index contributed by atoms with van der Waals surface area (Å²) < 4.78 is 13.2. The molecule has 4 rings (SSSR count). The molecule has 0 unspecified atom stereocenters. The number of anilines is 1. The molecule has 0 bridgehead atoms. The zero-order valence-electron chi connectivity index (χ0n) is 23.9. The van der Waals surface area contributed by atoms with Gasteiger partial charge in [0.2, 0.25) is 11.8 Å². The van der Waals surface area contributed by atoms with E-state index in [0.29, 0.717) is 13.0 Å². The van der Waals surface area contributed by atoms with Crippen molar-refractivity contribution in [2.24, 2.45) is 5.92 Å². The van der Waals surface area contributed by atoms with Crippen molar-refractivity contribution in [2.45, 2.75) is 83.9 Å². The number of unbranched alkanes of at least 4 members (excludes halogenated alkanes) is 2. The highest BCUT2D eigenvalue weighted by atomic mass is 16.7. The zero-order chi connectivity index (χ0) is 28.3. The third-order valence-electron chi connectivity index (χ3n) is 7.91. The summed E-state index contributed by atoms with van der Waals surface area (Å²) in [5, 5.41) is 15.3. The van der Waals surface area contributed by atoms with E-state index in [4.69, 9.17) is 9.47 Å². The van der Waals surface area contributed by atoms with Gasteiger partial charge in [-0.05, 0) is 62.0 Å². The van der Waals surface area contributed by atoms with E-state index < -0.39 is 6.29 Å². The molecule has 0 aromatic heterocycles. The van der Waals surface area contributed by atoms with Crippen LogP contribution in [-0.2, 0) is 25.7 Å². The number of carbonyl (C=O) groups excluding carboxylic acids is 2. The lowest BCUT2D eigenvalue weighted by atomic mass is 9.89. The van der Waals surface area contributed by atoms with Gasteiger partial charge in [0, 0.05) is 43.6 Å². The Morgan fingerprint density at radius 2 is 1.75 bits per heavy atom. The highest BCUT2D eigenvalue weighted by Crippen LogP contribution is 2.42. The average molecular weight is 552 g/mol. The molecule has 0 spiro atoms. The van der Waals surface area contributed by atoms with Gasteiger partial charge in [0.25, 0.3) is 0 Å². The fourth-order valence-electron chi connectivity index (χ4n) is 5.56. The van der Waals surface area contributed by atoms with Crippen LogP contribution in [0.3, 0.4) is 0 Å².